The highest BCUT2D eigenvalue weighted by molar-refractivity contribution is 7.89. The van der Waals surface area contributed by atoms with Gasteiger partial charge in [-0.2, -0.15) is 5.10 Å². The van der Waals surface area contributed by atoms with Crippen LogP contribution >= 0.6 is 0 Å². The van der Waals surface area contributed by atoms with Crippen molar-refractivity contribution in [2.24, 2.45) is 0 Å². The van der Waals surface area contributed by atoms with Crippen LogP contribution in [0, 0.1) is 13.8 Å². The Kier molecular flexibility index (Phi) is 5.18. The highest BCUT2D eigenvalue weighted by Crippen LogP contribution is 2.22. The lowest BCUT2D eigenvalue weighted by Crippen LogP contribution is -2.25. The lowest BCUT2D eigenvalue weighted by molar-refractivity contribution is 0.276. The summed E-state index contributed by atoms with van der Waals surface area (Å²) in [5, 5.41) is 13.4. The third-order valence-electron chi connectivity index (χ3n) is 3.49. The minimum absolute atomic E-state index is 0.0575. The van der Waals surface area contributed by atoms with Crippen LogP contribution in [-0.4, -0.2) is 28.3 Å². The van der Waals surface area contributed by atoms with E-state index in [1.807, 2.05) is 13.8 Å². The number of nitrogens with zero attached hydrogens (tertiary/aromatic N) is 3. The second-order valence-electron chi connectivity index (χ2n) is 5.64. The second kappa shape index (κ2) is 6.77. The summed E-state index contributed by atoms with van der Waals surface area (Å²) in [7, 11) is -3.69. The SMILES string of the molecule is Cc1nn(C(C)C)c(C)c1S(=O)(=O)NCc1cccc(CO)n1. The maximum atomic E-state index is 12.6. The van der Waals surface area contributed by atoms with Gasteiger partial charge in [-0.15, -0.1) is 0 Å². The Hall–Kier alpha value is -1.77. The number of sulfonamides is 1. The van der Waals surface area contributed by atoms with Gasteiger partial charge in [0.15, 0.2) is 0 Å². The van der Waals surface area contributed by atoms with Crippen LogP contribution in [0.5, 0.6) is 0 Å². The van der Waals surface area contributed by atoms with Gasteiger partial charge in [0.05, 0.1) is 35.9 Å². The summed E-state index contributed by atoms with van der Waals surface area (Å²) in [6.07, 6.45) is 0. The Bertz CT molecular complexity index is 797. The highest BCUT2D eigenvalue weighted by atomic mass is 32.2. The molecule has 0 unspecified atom stereocenters. The smallest absolute Gasteiger partial charge is 0.244 e. The molecule has 0 spiro atoms. The van der Waals surface area contributed by atoms with Crippen LogP contribution in [0.4, 0.5) is 0 Å². The quantitative estimate of drug-likeness (QED) is 0.831. The minimum atomic E-state index is -3.69. The Morgan fingerprint density at radius 2 is 1.91 bits per heavy atom. The first kappa shape index (κ1) is 17.6. The van der Waals surface area contributed by atoms with Gasteiger partial charge in [0.25, 0.3) is 0 Å². The molecule has 2 rings (SSSR count). The molecular formula is C15H22N4O3S. The van der Waals surface area contributed by atoms with Gasteiger partial charge >= 0.3 is 0 Å². The number of nitrogens with one attached hydrogen (secondary N) is 1. The van der Waals surface area contributed by atoms with Gasteiger partial charge in [0.1, 0.15) is 4.90 Å². The standard InChI is InChI=1S/C15H22N4O3S/c1-10(2)19-12(4)15(11(3)18-19)23(21,22)16-8-13-6-5-7-14(9-20)17-13/h5-7,10,16,20H,8-9H2,1-4H3. The van der Waals surface area contributed by atoms with Gasteiger partial charge in [0, 0.05) is 6.04 Å². The molecule has 0 bridgehead atoms. The van der Waals surface area contributed by atoms with Crippen molar-refractivity contribution < 1.29 is 13.5 Å². The molecule has 2 aromatic heterocycles. The second-order valence-corrected chi connectivity index (χ2v) is 7.34. The maximum absolute atomic E-state index is 12.6. The zero-order valence-corrected chi connectivity index (χ0v) is 14.6. The zero-order valence-electron chi connectivity index (χ0n) is 13.7. The summed E-state index contributed by atoms with van der Waals surface area (Å²) in [6, 6.07) is 5.20. The zero-order chi connectivity index (χ0) is 17.2. The molecule has 0 aromatic carbocycles. The lowest BCUT2D eigenvalue weighted by Gasteiger charge is -2.10. The average molecular weight is 338 g/mol. The number of aryl methyl sites for hydroxylation is 1. The van der Waals surface area contributed by atoms with E-state index in [9.17, 15) is 8.42 Å². The number of hydrogen-bond donors (Lipinski definition) is 2. The van der Waals surface area contributed by atoms with E-state index in [0.717, 1.165) is 0 Å². The van der Waals surface area contributed by atoms with E-state index in [2.05, 4.69) is 14.8 Å². The van der Waals surface area contributed by atoms with Crippen molar-refractivity contribution in [3.05, 3.63) is 41.0 Å². The predicted molar refractivity (Wildman–Crippen MR) is 86.3 cm³/mol. The van der Waals surface area contributed by atoms with Gasteiger partial charge in [-0.1, -0.05) is 6.07 Å². The van der Waals surface area contributed by atoms with Crippen LogP contribution in [0.3, 0.4) is 0 Å². The Balaban J connectivity index is 2.26. The topological polar surface area (TPSA) is 97.1 Å². The van der Waals surface area contributed by atoms with Crippen molar-refractivity contribution >= 4 is 10.0 Å². The molecule has 0 aliphatic carbocycles. The minimum Gasteiger partial charge on any atom is -0.390 e. The van der Waals surface area contributed by atoms with Crippen molar-refractivity contribution in [1.29, 1.82) is 0 Å². The molecule has 2 heterocycles. The summed E-state index contributed by atoms with van der Waals surface area (Å²) in [5.41, 5.74) is 2.14. The van der Waals surface area contributed by atoms with Crippen LogP contribution in [0.25, 0.3) is 0 Å². The molecule has 0 amide bonds. The molecule has 0 atom stereocenters. The Labute approximate surface area is 136 Å². The highest BCUT2D eigenvalue weighted by Gasteiger charge is 2.25. The Morgan fingerprint density at radius 1 is 1.26 bits per heavy atom. The third-order valence-corrected chi connectivity index (χ3v) is 5.14. The van der Waals surface area contributed by atoms with Crippen LogP contribution in [-0.2, 0) is 23.2 Å². The van der Waals surface area contributed by atoms with E-state index in [-0.39, 0.29) is 24.1 Å². The fourth-order valence-corrected chi connectivity index (χ4v) is 3.89. The monoisotopic (exact) mass is 338 g/mol. The lowest BCUT2D eigenvalue weighted by atomic mass is 10.3. The Morgan fingerprint density at radius 3 is 2.48 bits per heavy atom. The molecule has 0 saturated heterocycles. The molecule has 0 radical (unpaired) electrons. The molecular weight excluding hydrogens is 316 g/mol. The van der Waals surface area contributed by atoms with E-state index in [4.69, 9.17) is 5.11 Å². The number of rotatable bonds is 6. The molecule has 8 heteroatoms. The van der Waals surface area contributed by atoms with Gasteiger partial charge in [0.2, 0.25) is 10.0 Å². The summed E-state index contributed by atoms with van der Waals surface area (Å²) in [5.74, 6) is 0. The van der Waals surface area contributed by atoms with E-state index >= 15 is 0 Å². The summed E-state index contributed by atoms with van der Waals surface area (Å²) in [4.78, 5) is 4.38. The number of hydrogen-bond acceptors (Lipinski definition) is 5. The molecule has 126 valence electrons. The van der Waals surface area contributed by atoms with Crippen LogP contribution in [0.1, 0.15) is 42.7 Å². The molecule has 23 heavy (non-hydrogen) atoms. The number of aliphatic hydroxyl groups excluding tert-OH is 1. The first-order chi connectivity index (χ1) is 10.8. The van der Waals surface area contributed by atoms with Crippen molar-refractivity contribution in [3.8, 4) is 0 Å². The van der Waals surface area contributed by atoms with Gasteiger partial charge in [-0.25, -0.2) is 13.1 Å². The molecule has 7 nitrogen and oxygen atoms in total. The predicted octanol–water partition coefficient (Wildman–Crippen LogP) is 1.45. The third kappa shape index (κ3) is 3.77. The summed E-state index contributed by atoms with van der Waals surface area (Å²) in [6.45, 7) is 7.22. The molecule has 0 aliphatic rings. The summed E-state index contributed by atoms with van der Waals surface area (Å²) < 4.78 is 29.4. The fraction of sp³-hybridized carbons (Fsp3) is 0.467. The van der Waals surface area contributed by atoms with Crippen molar-refractivity contribution in [1.82, 2.24) is 19.5 Å². The van der Waals surface area contributed by atoms with E-state index in [0.29, 0.717) is 22.8 Å². The summed E-state index contributed by atoms with van der Waals surface area (Å²) >= 11 is 0. The molecule has 0 aliphatic heterocycles. The van der Waals surface area contributed by atoms with E-state index in [1.54, 1.807) is 36.7 Å². The number of pyridine rings is 1. The van der Waals surface area contributed by atoms with E-state index in [1.165, 1.54) is 0 Å². The average Bonchev–Trinajstić information content (AvgIpc) is 2.81. The first-order valence-corrected chi connectivity index (χ1v) is 8.85. The van der Waals surface area contributed by atoms with Crippen LogP contribution < -0.4 is 4.72 Å². The molecule has 0 fully saturated rings. The maximum Gasteiger partial charge on any atom is 0.244 e. The van der Waals surface area contributed by atoms with Gasteiger partial charge in [-0.05, 0) is 39.8 Å². The molecule has 0 saturated carbocycles. The van der Waals surface area contributed by atoms with Crippen molar-refractivity contribution in [2.75, 3.05) is 0 Å². The van der Waals surface area contributed by atoms with Crippen LogP contribution in [0.15, 0.2) is 23.1 Å². The number of aromatic nitrogens is 3. The van der Waals surface area contributed by atoms with E-state index < -0.39 is 10.0 Å². The van der Waals surface area contributed by atoms with Crippen molar-refractivity contribution in [3.63, 3.8) is 0 Å². The van der Waals surface area contributed by atoms with Gasteiger partial charge in [-0.3, -0.25) is 9.67 Å². The fourth-order valence-electron chi connectivity index (χ4n) is 2.50. The van der Waals surface area contributed by atoms with Crippen molar-refractivity contribution in [2.45, 2.75) is 51.8 Å². The molecule has 2 N–H and O–H groups in total. The molecule has 2 aromatic rings. The van der Waals surface area contributed by atoms with Crippen LogP contribution in [0.2, 0.25) is 0 Å². The normalized spacial score (nSPS) is 12.1. The van der Waals surface area contributed by atoms with Gasteiger partial charge < -0.3 is 5.11 Å². The largest absolute Gasteiger partial charge is 0.390 e. The first-order valence-electron chi connectivity index (χ1n) is 7.37. The number of aliphatic hydroxyl groups is 1.